The fourth-order valence-corrected chi connectivity index (χ4v) is 2.14. The first-order valence-electron chi connectivity index (χ1n) is 7.05. The Morgan fingerprint density at radius 1 is 0.750 bits per heavy atom. The van der Waals surface area contributed by atoms with Crippen molar-refractivity contribution in [3.05, 3.63) is 0 Å². The average molecular weight is 228 g/mol. The Balaban J connectivity index is 1.88. The lowest BCUT2D eigenvalue weighted by Crippen LogP contribution is -2.13. The molecule has 1 aliphatic heterocycles. The van der Waals surface area contributed by atoms with Gasteiger partial charge >= 0.3 is 0 Å². The second kappa shape index (κ2) is 8.08. The molecule has 0 aromatic carbocycles. The first-order chi connectivity index (χ1) is 7.74. The van der Waals surface area contributed by atoms with Crippen LogP contribution in [0.3, 0.4) is 0 Å². The molecular formula is C14H28O2. The van der Waals surface area contributed by atoms with Gasteiger partial charge in [-0.3, -0.25) is 0 Å². The quantitative estimate of drug-likeness (QED) is 0.577. The second-order valence-corrected chi connectivity index (χ2v) is 5.02. The molecule has 16 heavy (non-hydrogen) atoms. The summed E-state index contributed by atoms with van der Waals surface area (Å²) in [6.45, 7) is 6.45. The van der Waals surface area contributed by atoms with Crippen molar-refractivity contribution in [1.82, 2.24) is 0 Å². The van der Waals surface area contributed by atoms with E-state index >= 15 is 0 Å². The molecule has 1 fully saturated rings. The smallest absolute Gasteiger partial charge is 0.158 e. The van der Waals surface area contributed by atoms with Crippen molar-refractivity contribution in [2.45, 2.75) is 90.6 Å². The molecule has 2 nitrogen and oxygen atoms in total. The van der Waals surface area contributed by atoms with Crippen LogP contribution in [0.5, 0.6) is 0 Å². The van der Waals surface area contributed by atoms with Gasteiger partial charge in [0.25, 0.3) is 0 Å². The van der Waals surface area contributed by atoms with Gasteiger partial charge in [0.05, 0.1) is 12.2 Å². The molecule has 0 spiro atoms. The highest BCUT2D eigenvalue weighted by Crippen LogP contribution is 2.22. The molecule has 2 heteroatoms. The maximum absolute atomic E-state index is 5.70. The van der Waals surface area contributed by atoms with Crippen molar-refractivity contribution in [1.29, 1.82) is 0 Å². The van der Waals surface area contributed by atoms with E-state index in [9.17, 15) is 0 Å². The fraction of sp³-hybridized carbons (Fsp3) is 1.00. The van der Waals surface area contributed by atoms with Crippen LogP contribution < -0.4 is 0 Å². The lowest BCUT2D eigenvalue weighted by Gasteiger charge is -2.09. The highest BCUT2D eigenvalue weighted by molar-refractivity contribution is 4.69. The summed E-state index contributed by atoms with van der Waals surface area (Å²) in [4.78, 5) is 0. The maximum Gasteiger partial charge on any atom is 0.158 e. The van der Waals surface area contributed by atoms with E-state index in [4.69, 9.17) is 9.47 Å². The third-order valence-corrected chi connectivity index (χ3v) is 3.44. The minimum absolute atomic E-state index is 0.0700. The minimum Gasteiger partial charge on any atom is -0.347 e. The van der Waals surface area contributed by atoms with Crippen molar-refractivity contribution in [2.75, 3.05) is 0 Å². The Hall–Kier alpha value is -0.0800. The Labute approximate surface area is 101 Å². The molecule has 1 aliphatic rings. The van der Waals surface area contributed by atoms with E-state index < -0.39 is 0 Å². The summed E-state index contributed by atoms with van der Waals surface area (Å²) in [6.07, 6.45) is 11.2. The minimum atomic E-state index is 0.0700. The van der Waals surface area contributed by atoms with Crippen LogP contribution in [-0.4, -0.2) is 18.5 Å². The van der Waals surface area contributed by atoms with Gasteiger partial charge in [0.2, 0.25) is 0 Å². The molecule has 0 amide bonds. The molecule has 2 atom stereocenters. The third kappa shape index (κ3) is 5.31. The van der Waals surface area contributed by atoms with Crippen LogP contribution in [0.15, 0.2) is 0 Å². The molecular weight excluding hydrogens is 200 g/mol. The van der Waals surface area contributed by atoms with Crippen LogP contribution in [0.25, 0.3) is 0 Å². The van der Waals surface area contributed by atoms with Gasteiger partial charge in [-0.25, -0.2) is 0 Å². The van der Waals surface area contributed by atoms with E-state index in [0.29, 0.717) is 0 Å². The Bertz CT molecular complexity index is 160. The molecule has 0 aromatic heterocycles. The Morgan fingerprint density at radius 2 is 1.25 bits per heavy atom. The highest BCUT2D eigenvalue weighted by Gasteiger charge is 2.28. The van der Waals surface area contributed by atoms with Gasteiger partial charge < -0.3 is 9.47 Å². The molecule has 0 N–H and O–H groups in total. The zero-order valence-electron chi connectivity index (χ0n) is 11.2. The van der Waals surface area contributed by atoms with Crippen molar-refractivity contribution >= 4 is 0 Å². The van der Waals surface area contributed by atoms with Crippen LogP contribution in [0.2, 0.25) is 0 Å². The van der Waals surface area contributed by atoms with Crippen molar-refractivity contribution < 1.29 is 9.47 Å². The Kier molecular flexibility index (Phi) is 7.06. The van der Waals surface area contributed by atoms with E-state index in [2.05, 4.69) is 20.8 Å². The van der Waals surface area contributed by atoms with Crippen LogP contribution >= 0.6 is 0 Å². The fourth-order valence-electron chi connectivity index (χ4n) is 2.14. The van der Waals surface area contributed by atoms with Crippen LogP contribution in [0.4, 0.5) is 0 Å². The topological polar surface area (TPSA) is 18.5 Å². The van der Waals surface area contributed by atoms with E-state index in [1.807, 2.05) is 0 Å². The average Bonchev–Trinajstić information content (AvgIpc) is 2.57. The summed E-state index contributed by atoms with van der Waals surface area (Å²) in [5.41, 5.74) is 0. The van der Waals surface area contributed by atoms with Crippen LogP contribution in [0, 0.1) is 0 Å². The monoisotopic (exact) mass is 228 g/mol. The predicted octanol–water partition coefficient (Wildman–Crippen LogP) is 4.28. The third-order valence-electron chi connectivity index (χ3n) is 3.44. The maximum atomic E-state index is 5.70. The van der Waals surface area contributed by atoms with E-state index in [1.54, 1.807) is 0 Å². The molecule has 0 aliphatic carbocycles. The SMILES string of the molecule is CCCCCCCCCC1OC(C)C(C)O1. The zero-order chi connectivity index (χ0) is 11.8. The van der Waals surface area contributed by atoms with Gasteiger partial charge in [0.1, 0.15) is 0 Å². The van der Waals surface area contributed by atoms with Crippen molar-refractivity contribution in [3.8, 4) is 0 Å². The highest BCUT2D eigenvalue weighted by atomic mass is 16.7. The van der Waals surface area contributed by atoms with Crippen molar-refractivity contribution in [3.63, 3.8) is 0 Å². The van der Waals surface area contributed by atoms with E-state index in [1.165, 1.54) is 44.9 Å². The Morgan fingerprint density at radius 3 is 1.81 bits per heavy atom. The van der Waals surface area contributed by atoms with Gasteiger partial charge in [-0.1, -0.05) is 45.4 Å². The van der Waals surface area contributed by atoms with E-state index in [0.717, 1.165) is 6.42 Å². The van der Waals surface area contributed by atoms with Gasteiger partial charge in [0.15, 0.2) is 6.29 Å². The molecule has 2 unspecified atom stereocenters. The number of unbranched alkanes of at least 4 members (excludes halogenated alkanes) is 6. The number of ether oxygens (including phenoxy) is 2. The van der Waals surface area contributed by atoms with Gasteiger partial charge in [-0.05, 0) is 26.7 Å². The lowest BCUT2D eigenvalue weighted by atomic mass is 10.1. The van der Waals surface area contributed by atoms with Crippen molar-refractivity contribution in [2.24, 2.45) is 0 Å². The van der Waals surface area contributed by atoms with Gasteiger partial charge in [0, 0.05) is 0 Å². The molecule has 0 bridgehead atoms. The summed E-state index contributed by atoms with van der Waals surface area (Å²) >= 11 is 0. The molecule has 1 rings (SSSR count). The summed E-state index contributed by atoms with van der Waals surface area (Å²) < 4.78 is 11.4. The van der Waals surface area contributed by atoms with Gasteiger partial charge in [-0.2, -0.15) is 0 Å². The molecule has 0 aromatic rings. The largest absolute Gasteiger partial charge is 0.347 e. The van der Waals surface area contributed by atoms with Crippen LogP contribution in [-0.2, 0) is 9.47 Å². The molecule has 1 heterocycles. The zero-order valence-corrected chi connectivity index (χ0v) is 11.2. The van der Waals surface area contributed by atoms with Gasteiger partial charge in [-0.15, -0.1) is 0 Å². The molecule has 96 valence electrons. The predicted molar refractivity (Wildman–Crippen MR) is 67.5 cm³/mol. The summed E-state index contributed by atoms with van der Waals surface area (Å²) in [5, 5.41) is 0. The summed E-state index contributed by atoms with van der Waals surface area (Å²) in [6, 6.07) is 0. The second-order valence-electron chi connectivity index (χ2n) is 5.02. The van der Waals surface area contributed by atoms with E-state index in [-0.39, 0.29) is 18.5 Å². The molecule has 1 saturated heterocycles. The van der Waals surface area contributed by atoms with Crippen LogP contribution in [0.1, 0.15) is 72.1 Å². The molecule has 0 saturated carbocycles. The lowest BCUT2D eigenvalue weighted by molar-refractivity contribution is -0.0681. The molecule has 0 radical (unpaired) electrons. The number of hydrogen-bond acceptors (Lipinski definition) is 2. The standard InChI is InChI=1S/C14H28O2/c1-4-5-6-7-8-9-10-11-14-15-12(2)13(3)16-14/h12-14H,4-11H2,1-3H3. The summed E-state index contributed by atoms with van der Waals surface area (Å²) in [5.74, 6) is 0. The summed E-state index contributed by atoms with van der Waals surface area (Å²) in [7, 11) is 0. The normalized spacial score (nSPS) is 29.8. The first-order valence-corrected chi connectivity index (χ1v) is 7.05. The number of hydrogen-bond donors (Lipinski definition) is 0. The first kappa shape index (κ1) is 14.0. The number of rotatable bonds is 8.